The third-order valence-electron chi connectivity index (χ3n) is 4.58. The number of methoxy groups -OCH3 is 1. The van der Waals surface area contributed by atoms with E-state index in [-0.39, 0.29) is 5.91 Å². The molecule has 6 heteroatoms. The highest BCUT2D eigenvalue weighted by Crippen LogP contribution is 2.31. The fraction of sp³-hybridized carbons (Fsp3) is 0.150. The second-order valence-electron chi connectivity index (χ2n) is 6.07. The highest BCUT2D eigenvalue weighted by Gasteiger charge is 2.22. The van der Waals surface area contributed by atoms with Crippen LogP contribution in [0.3, 0.4) is 0 Å². The lowest BCUT2D eigenvalue weighted by atomic mass is 10.1. The van der Waals surface area contributed by atoms with Gasteiger partial charge in [0, 0.05) is 25.7 Å². The van der Waals surface area contributed by atoms with Gasteiger partial charge in [0.05, 0.1) is 24.4 Å². The number of amides is 1. The number of carbonyl (C=O) groups is 1. The molecule has 0 saturated carbocycles. The van der Waals surface area contributed by atoms with Crippen LogP contribution in [0.5, 0.6) is 5.75 Å². The Hall–Kier alpha value is -3.41. The smallest absolute Gasteiger partial charge is 0.263 e. The van der Waals surface area contributed by atoms with Crippen LogP contribution in [0.4, 0.5) is 5.69 Å². The number of benzene rings is 2. The molecule has 0 unspecified atom stereocenters. The highest BCUT2D eigenvalue weighted by molar-refractivity contribution is 6.13. The zero-order valence-electron chi connectivity index (χ0n) is 14.8. The van der Waals surface area contributed by atoms with Crippen LogP contribution in [0.25, 0.3) is 21.8 Å². The van der Waals surface area contributed by atoms with Crippen molar-refractivity contribution in [2.45, 2.75) is 0 Å². The maximum absolute atomic E-state index is 13.2. The Kier molecular flexibility index (Phi) is 3.80. The van der Waals surface area contributed by atoms with E-state index in [4.69, 9.17) is 4.74 Å². The summed E-state index contributed by atoms with van der Waals surface area (Å²) in [6.45, 7) is 0. The Bertz CT molecular complexity index is 1130. The molecule has 26 heavy (non-hydrogen) atoms. The summed E-state index contributed by atoms with van der Waals surface area (Å²) in [5.74, 6) is 0.302. The fourth-order valence-electron chi connectivity index (χ4n) is 3.24. The van der Waals surface area contributed by atoms with Crippen LogP contribution in [0.1, 0.15) is 10.4 Å². The maximum Gasteiger partial charge on any atom is 0.263 e. The number of aromatic nitrogens is 3. The van der Waals surface area contributed by atoms with Gasteiger partial charge in [0.15, 0.2) is 5.65 Å². The summed E-state index contributed by atoms with van der Waals surface area (Å²) in [4.78, 5) is 19.2. The number of hydrogen-bond donors (Lipinski definition) is 0. The molecule has 0 aliphatic carbocycles. The van der Waals surface area contributed by atoms with Crippen LogP contribution in [0, 0.1) is 0 Å². The molecule has 1 amide bonds. The van der Waals surface area contributed by atoms with E-state index < -0.39 is 0 Å². The van der Waals surface area contributed by atoms with Crippen LogP contribution in [0.15, 0.2) is 54.9 Å². The average Bonchev–Trinajstić information content (AvgIpc) is 3.06. The van der Waals surface area contributed by atoms with Crippen molar-refractivity contribution in [1.29, 1.82) is 0 Å². The average molecular weight is 346 g/mol. The predicted octanol–water partition coefficient (Wildman–Crippen LogP) is 3.41. The predicted molar refractivity (Wildman–Crippen MR) is 102 cm³/mol. The molecule has 0 N–H and O–H groups in total. The van der Waals surface area contributed by atoms with Crippen molar-refractivity contribution in [3.63, 3.8) is 0 Å². The maximum atomic E-state index is 13.2. The minimum absolute atomic E-state index is 0.184. The molecule has 4 rings (SSSR count). The highest BCUT2D eigenvalue weighted by atomic mass is 16.5. The minimum Gasteiger partial charge on any atom is -0.495 e. The van der Waals surface area contributed by atoms with E-state index in [0.29, 0.717) is 22.3 Å². The molecule has 0 bridgehead atoms. The van der Waals surface area contributed by atoms with E-state index in [9.17, 15) is 4.79 Å². The number of rotatable bonds is 3. The quantitative estimate of drug-likeness (QED) is 0.570. The molecule has 2 aromatic carbocycles. The van der Waals surface area contributed by atoms with Gasteiger partial charge in [-0.1, -0.05) is 36.4 Å². The lowest BCUT2D eigenvalue weighted by molar-refractivity contribution is 0.0990. The molecule has 0 aliphatic heterocycles. The Labute approximate surface area is 150 Å². The molecule has 0 aliphatic rings. The van der Waals surface area contributed by atoms with Gasteiger partial charge >= 0.3 is 0 Å². The lowest BCUT2D eigenvalue weighted by Gasteiger charge is -2.20. The minimum atomic E-state index is -0.184. The fourth-order valence-corrected chi connectivity index (χ4v) is 3.24. The Morgan fingerprint density at radius 3 is 2.65 bits per heavy atom. The number of ether oxygens (including phenoxy) is 1. The van der Waals surface area contributed by atoms with Crippen LogP contribution >= 0.6 is 0 Å². The van der Waals surface area contributed by atoms with Crippen LogP contribution in [0.2, 0.25) is 0 Å². The van der Waals surface area contributed by atoms with Gasteiger partial charge in [-0.3, -0.25) is 9.48 Å². The van der Waals surface area contributed by atoms with Gasteiger partial charge in [-0.25, -0.2) is 4.98 Å². The summed E-state index contributed by atoms with van der Waals surface area (Å²) in [5, 5.41) is 7.01. The van der Waals surface area contributed by atoms with Crippen LogP contribution < -0.4 is 9.64 Å². The van der Waals surface area contributed by atoms with Crippen molar-refractivity contribution in [3.8, 4) is 5.75 Å². The number of aryl methyl sites for hydroxylation is 1. The molecule has 2 aromatic heterocycles. The van der Waals surface area contributed by atoms with E-state index in [0.717, 1.165) is 16.5 Å². The third kappa shape index (κ3) is 2.38. The molecule has 0 atom stereocenters. The summed E-state index contributed by atoms with van der Waals surface area (Å²) in [6.07, 6.45) is 3.21. The third-order valence-corrected chi connectivity index (χ3v) is 4.58. The number of hydrogen-bond acceptors (Lipinski definition) is 4. The Morgan fingerprint density at radius 2 is 1.85 bits per heavy atom. The molecule has 0 saturated heterocycles. The van der Waals surface area contributed by atoms with Crippen LogP contribution in [-0.2, 0) is 7.05 Å². The molecule has 0 spiro atoms. The first-order valence-corrected chi connectivity index (χ1v) is 8.22. The zero-order valence-corrected chi connectivity index (χ0v) is 14.8. The van der Waals surface area contributed by atoms with Gasteiger partial charge in [-0.15, -0.1) is 0 Å². The summed E-state index contributed by atoms with van der Waals surface area (Å²) < 4.78 is 7.18. The molecule has 0 radical (unpaired) electrons. The molecular formula is C20H18N4O2. The van der Waals surface area contributed by atoms with Crippen molar-refractivity contribution in [3.05, 3.63) is 60.4 Å². The summed E-state index contributed by atoms with van der Waals surface area (Å²) in [5.41, 5.74) is 1.91. The van der Waals surface area contributed by atoms with E-state index in [2.05, 4.69) is 10.1 Å². The number of nitrogens with zero attached hydrogens (tertiary/aromatic N) is 4. The van der Waals surface area contributed by atoms with Gasteiger partial charge in [-0.05, 0) is 11.5 Å². The zero-order chi connectivity index (χ0) is 18.3. The molecule has 2 heterocycles. The van der Waals surface area contributed by atoms with E-state index in [1.54, 1.807) is 43.2 Å². The van der Waals surface area contributed by atoms with Crippen molar-refractivity contribution < 1.29 is 9.53 Å². The van der Waals surface area contributed by atoms with Crippen molar-refractivity contribution >= 4 is 33.4 Å². The Balaban J connectivity index is 1.83. The van der Waals surface area contributed by atoms with Gasteiger partial charge in [-0.2, -0.15) is 5.10 Å². The second-order valence-corrected chi connectivity index (χ2v) is 6.07. The summed E-state index contributed by atoms with van der Waals surface area (Å²) >= 11 is 0. The molecular weight excluding hydrogens is 328 g/mol. The largest absolute Gasteiger partial charge is 0.495 e. The molecule has 130 valence electrons. The SMILES string of the molecule is COc1c(C(=O)N(C)c2cccc3ccccc23)cnc2c1cnn2C. The standard InChI is InChI=1S/C20H18N4O2/c1-23(17-10-6-8-13-7-4-5-9-14(13)17)20(25)16-11-21-19-15(18(16)26-3)12-22-24(19)2/h4-12H,1-3H3. The summed E-state index contributed by atoms with van der Waals surface area (Å²) in [7, 11) is 5.12. The van der Waals surface area contributed by atoms with Crippen molar-refractivity contribution in [2.75, 3.05) is 19.1 Å². The topological polar surface area (TPSA) is 60.2 Å². The Morgan fingerprint density at radius 1 is 1.08 bits per heavy atom. The lowest BCUT2D eigenvalue weighted by Crippen LogP contribution is -2.27. The first-order chi connectivity index (χ1) is 12.6. The van der Waals surface area contributed by atoms with Gasteiger partial charge in [0.2, 0.25) is 0 Å². The first kappa shape index (κ1) is 16.1. The van der Waals surface area contributed by atoms with Crippen molar-refractivity contribution in [1.82, 2.24) is 14.8 Å². The number of carbonyl (C=O) groups excluding carboxylic acids is 1. The van der Waals surface area contributed by atoms with Gasteiger partial charge < -0.3 is 9.64 Å². The van der Waals surface area contributed by atoms with E-state index >= 15 is 0 Å². The molecule has 6 nitrogen and oxygen atoms in total. The molecule has 4 aromatic rings. The first-order valence-electron chi connectivity index (χ1n) is 8.22. The van der Waals surface area contributed by atoms with Crippen LogP contribution in [-0.4, -0.2) is 34.8 Å². The normalized spacial score (nSPS) is 11.0. The second kappa shape index (κ2) is 6.15. The summed E-state index contributed by atoms with van der Waals surface area (Å²) in [6, 6.07) is 13.9. The molecule has 0 fully saturated rings. The van der Waals surface area contributed by atoms with Gasteiger partial charge in [0.25, 0.3) is 5.91 Å². The van der Waals surface area contributed by atoms with E-state index in [1.807, 2.05) is 42.5 Å². The number of anilines is 1. The van der Waals surface area contributed by atoms with E-state index in [1.165, 1.54) is 0 Å². The number of pyridine rings is 1. The van der Waals surface area contributed by atoms with Gasteiger partial charge in [0.1, 0.15) is 11.3 Å². The van der Waals surface area contributed by atoms with Crippen molar-refractivity contribution in [2.24, 2.45) is 7.05 Å². The number of fused-ring (bicyclic) bond motifs is 2. The monoisotopic (exact) mass is 346 g/mol.